The van der Waals surface area contributed by atoms with Crippen LogP contribution in [0.4, 0.5) is 24.3 Å². The first-order chi connectivity index (χ1) is 30.8. The molecule has 26 heteroatoms. The Bertz CT molecular complexity index is 2230. The second-order valence-electron chi connectivity index (χ2n) is 19.6. The molecule has 0 radical (unpaired) electrons. The highest BCUT2D eigenvalue weighted by Gasteiger charge is 2.55. The van der Waals surface area contributed by atoms with Gasteiger partial charge in [0.2, 0.25) is 17.5 Å². The van der Waals surface area contributed by atoms with Crippen molar-refractivity contribution in [1.29, 1.82) is 0 Å². The van der Waals surface area contributed by atoms with Crippen LogP contribution in [0.2, 0.25) is 0 Å². The molecule has 5 N–H and O–H groups in total. The van der Waals surface area contributed by atoms with E-state index in [1.165, 1.54) is 21.3 Å². The topological polar surface area (TPSA) is 309 Å². The van der Waals surface area contributed by atoms with E-state index in [9.17, 15) is 38.7 Å². The third-order valence-corrected chi connectivity index (χ3v) is 9.38. The van der Waals surface area contributed by atoms with Crippen LogP contribution in [0.25, 0.3) is 0 Å². The molecule has 1 saturated heterocycles. The number of aliphatic carboxylic acids is 1. The van der Waals surface area contributed by atoms with Crippen molar-refractivity contribution in [3.05, 3.63) is 23.0 Å². The number of anilines is 1. The van der Waals surface area contributed by atoms with Crippen LogP contribution in [0.1, 0.15) is 114 Å². The summed E-state index contributed by atoms with van der Waals surface area (Å²) in [7, 11) is 1.56. The highest BCUT2D eigenvalue weighted by atomic mass is 32.1. The maximum Gasteiger partial charge on any atom is 0.437 e. The number of hydrogen-bond donors (Lipinski definition) is 5. The van der Waals surface area contributed by atoms with Crippen LogP contribution in [-0.4, -0.2) is 149 Å². The van der Waals surface area contributed by atoms with Crippen molar-refractivity contribution in [1.82, 2.24) is 45.7 Å². The van der Waals surface area contributed by atoms with Crippen LogP contribution in [0, 0.1) is 0 Å². The highest BCUT2D eigenvalue weighted by molar-refractivity contribution is 7.14. The third kappa shape index (κ3) is 17.0. The van der Waals surface area contributed by atoms with Crippen molar-refractivity contribution in [3.8, 4) is 0 Å². The lowest BCUT2D eigenvalue weighted by molar-refractivity contribution is -0.153. The predicted octanol–water partition coefficient (Wildman–Crippen LogP) is 3.98. The Morgan fingerprint density at radius 3 is 2.10 bits per heavy atom. The second kappa shape index (κ2) is 20.9. The number of carboxylic acids is 1. The largest absolute Gasteiger partial charge is 0.478 e. The van der Waals surface area contributed by atoms with Crippen molar-refractivity contribution in [2.75, 3.05) is 25.5 Å². The fourth-order valence-corrected chi connectivity index (χ4v) is 6.31. The van der Waals surface area contributed by atoms with Gasteiger partial charge in [0.05, 0.1) is 25.3 Å². The molecule has 370 valence electrons. The molecule has 67 heavy (non-hydrogen) atoms. The summed E-state index contributed by atoms with van der Waals surface area (Å²) in [5.41, 5.74) is -5.22. The monoisotopic (exact) mass is 962 g/mol. The molecule has 6 amide bonds. The summed E-state index contributed by atoms with van der Waals surface area (Å²) in [6, 6.07) is -1.88. The van der Waals surface area contributed by atoms with Crippen molar-refractivity contribution < 1.29 is 62.5 Å². The minimum Gasteiger partial charge on any atom is -0.478 e. The summed E-state index contributed by atoms with van der Waals surface area (Å²) in [5, 5.41) is 34.2. The number of ether oxygens (including phenoxy) is 4. The summed E-state index contributed by atoms with van der Waals surface area (Å²) < 4.78 is 21.7. The van der Waals surface area contributed by atoms with Crippen LogP contribution in [0.15, 0.2) is 21.7 Å². The lowest BCUT2D eigenvalue weighted by Crippen LogP contribution is -2.70. The molecule has 2 aromatic rings. The van der Waals surface area contributed by atoms with E-state index >= 15 is 0 Å². The number of nitrogens with one attached hydrogen (secondary N) is 4. The Morgan fingerprint density at radius 2 is 1.54 bits per heavy atom. The molecule has 2 aromatic heterocycles. The van der Waals surface area contributed by atoms with Gasteiger partial charge in [-0.05, 0) is 89.5 Å². The van der Waals surface area contributed by atoms with E-state index in [4.69, 9.17) is 23.8 Å². The smallest absolute Gasteiger partial charge is 0.437 e. The number of aromatic nitrogens is 4. The first-order valence-corrected chi connectivity index (χ1v) is 22.2. The number of guanidine groups is 1. The number of alkyl carbamates (subject to hydrolysis) is 1. The van der Waals surface area contributed by atoms with E-state index < -0.39 is 88.0 Å². The molecule has 2 aliphatic rings. The van der Waals surface area contributed by atoms with Crippen LogP contribution in [-0.2, 0) is 51.3 Å². The number of carbonyl (C=O) groups excluding carboxylic acids is 6. The molecule has 25 nitrogen and oxygen atoms in total. The zero-order chi connectivity index (χ0) is 50.3. The number of aliphatic imine (C=N–C) groups is 1. The molecule has 4 rings (SSSR count). The molecule has 2 fully saturated rings. The first-order valence-electron chi connectivity index (χ1n) is 21.3. The predicted molar refractivity (Wildman–Crippen MR) is 240 cm³/mol. The fraction of sp³-hybridized carbons (Fsp3) is 0.659. The number of β-lactam (4-membered cyclic amide) rings is 1. The molecule has 2 atom stereocenters. The van der Waals surface area contributed by atoms with Gasteiger partial charge in [0.1, 0.15) is 39.8 Å². The summed E-state index contributed by atoms with van der Waals surface area (Å²) in [5.74, 6) is -2.90. The molecule has 0 aromatic carbocycles. The minimum absolute atomic E-state index is 0.0420. The Balaban J connectivity index is 1.51. The SMILES string of the molecule is CN(Cc1cnn(C[C@H]2NC(=O)[C@H]2NC(=O)C(=NOC2(C(=O)O)CC2)c2csc(NC(=O)OC(C)(C)C)n2)n1)C(=NC(=O)OC(C)(C)C)N(CCCNC(=O)OC(C)(C)C)C(=O)OC(C)(C)C. The second-order valence-corrected chi connectivity index (χ2v) is 20.5. The highest BCUT2D eigenvalue weighted by Crippen LogP contribution is 2.40. The maximum absolute atomic E-state index is 13.8. The zero-order valence-corrected chi connectivity index (χ0v) is 40.9. The minimum atomic E-state index is -1.62. The van der Waals surface area contributed by atoms with Gasteiger partial charge in [0, 0.05) is 38.4 Å². The van der Waals surface area contributed by atoms with Crippen LogP contribution >= 0.6 is 11.3 Å². The average molecular weight is 963 g/mol. The van der Waals surface area contributed by atoms with E-state index in [0.29, 0.717) is 5.69 Å². The summed E-state index contributed by atoms with van der Waals surface area (Å²) in [6.45, 7) is 20.1. The quantitative estimate of drug-likeness (QED) is 0.0421. The van der Waals surface area contributed by atoms with Gasteiger partial charge in [-0.25, -0.2) is 33.9 Å². The Hall–Kier alpha value is -6.60. The molecular formula is C41H62N12O13S. The van der Waals surface area contributed by atoms with E-state index in [1.807, 2.05) is 0 Å². The molecule has 3 heterocycles. The normalized spacial score (nSPS) is 17.2. The van der Waals surface area contributed by atoms with Gasteiger partial charge < -0.3 is 49.7 Å². The summed E-state index contributed by atoms with van der Waals surface area (Å²) >= 11 is 0.938. The third-order valence-electron chi connectivity index (χ3n) is 8.63. The molecular weight excluding hydrogens is 901 g/mol. The van der Waals surface area contributed by atoms with Crippen molar-refractivity contribution in [2.45, 2.75) is 156 Å². The first kappa shape index (κ1) is 53.0. The molecule has 0 spiro atoms. The Kier molecular flexibility index (Phi) is 16.6. The van der Waals surface area contributed by atoms with Crippen LogP contribution < -0.4 is 21.3 Å². The van der Waals surface area contributed by atoms with Crippen molar-refractivity contribution >= 4 is 70.3 Å². The van der Waals surface area contributed by atoms with Gasteiger partial charge in [-0.3, -0.25) is 14.9 Å². The zero-order valence-electron chi connectivity index (χ0n) is 40.1. The van der Waals surface area contributed by atoms with Gasteiger partial charge in [0.15, 0.2) is 10.8 Å². The van der Waals surface area contributed by atoms with Gasteiger partial charge in [-0.2, -0.15) is 15.0 Å². The molecule has 1 aliphatic carbocycles. The Morgan fingerprint density at radius 1 is 0.925 bits per heavy atom. The number of oxime groups is 1. The van der Waals surface area contributed by atoms with E-state index in [1.54, 1.807) is 90.1 Å². The number of nitrogens with zero attached hydrogens (tertiary/aromatic N) is 8. The van der Waals surface area contributed by atoms with Gasteiger partial charge in [0.25, 0.3) is 5.91 Å². The molecule has 0 unspecified atom stereocenters. The number of thiazole rings is 1. The van der Waals surface area contributed by atoms with Gasteiger partial charge >= 0.3 is 30.3 Å². The van der Waals surface area contributed by atoms with Gasteiger partial charge in [-0.15, -0.1) is 16.3 Å². The van der Waals surface area contributed by atoms with Crippen molar-refractivity contribution in [2.24, 2.45) is 10.1 Å². The molecule has 1 aliphatic heterocycles. The maximum atomic E-state index is 13.8. The number of amides is 6. The lowest BCUT2D eigenvalue weighted by atomic mass is 9.98. The molecule has 1 saturated carbocycles. The van der Waals surface area contributed by atoms with E-state index in [0.717, 1.165) is 16.2 Å². The van der Waals surface area contributed by atoms with E-state index in [2.05, 4.69) is 46.6 Å². The van der Waals surface area contributed by atoms with E-state index in [-0.39, 0.29) is 62.2 Å². The lowest BCUT2D eigenvalue weighted by Gasteiger charge is -2.36. The number of hydrogen-bond acceptors (Lipinski definition) is 17. The van der Waals surface area contributed by atoms with Crippen molar-refractivity contribution in [3.63, 3.8) is 0 Å². The van der Waals surface area contributed by atoms with Crippen LogP contribution in [0.5, 0.6) is 0 Å². The Labute approximate surface area is 391 Å². The van der Waals surface area contributed by atoms with Crippen LogP contribution in [0.3, 0.4) is 0 Å². The summed E-state index contributed by atoms with van der Waals surface area (Å²) in [6.07, 6.45) is -1.36. The number of rotatable bonds is 15. The number of carbonyl (C=O) groups is 7. The fourth-order valence-electron chi connectivity index (χ4n) is 5.63. The summed E-state index contributed by atoms with van der Waals surface area (Å²) in [4.78, 5) is 108. The van der Waals surface area contributed by atoms with Gasteiger partial charge in [-0.1, -0.05) is 5.16 Å². The average Bonchev–Trinajstić information content (AvgIpc) is 3.61. The molecule has 0 bridgehead atoms. The number of carboxylic acid groups (broad SMARTS) is 1. The standard InChI is InChI=1S/C41H62N12O13S/c1-37(2,3)62-33(58)42-17-14-18-52(36(61)65-40(10,11)12)32(48-35(60)64-39(7,8)9)51(13)20-23-19-43-53(49-23)21-24-26(28(54)44-24)46-29(55)27(50-66-41(15-16-41)30(56)57)25-22-67-31(45-25)47-34(59)63-38(4,5)6/h19,22,24,26H,14-18,20-21H2,1-13H3,(H,42,58)(H,44,54)(H,46,55)(H,56,57)(H,45,47,59)/t24-,26+/m1/s1.